The molecule has 17 heavy (non-hydrogen) atoms. The summed E-state index contributed by atoms with van der Waals surface area (Å²) in [7, 11) is 0. The van der Waals surface area contributed by atoms with Gasteiger partial charge >= 0.3 is 0 Å². The lowest BCUT2D eigenvalue weighted by molar-refractivity contribution is 0.503. The highest BCUT2D eigenvalue weighted by Gasteiger charge is 2.19. The van der Waals surface area contributed by atoms with E-state index in [4.69, 9.17) is 5.73 Å². The maximum atomic E-state index is 5.99. The SMILES string of the molecule is NC1CCCN(c2cc(-c3ccsc3)[nH]n2)C1. The Morgan fingerprint density at radius 3 is 3.24 bits per heavy atom. The van der Waals surface area contributed by atoms with E-state index in [1.54, 1.807) is 11.3 Å². The highest BCUT2D eigenvalue weighted by Crippen LogP contribution is 2.25. The lowest BCUT2D eigenvalue weighted by Gasteiger charge is -2.30. The standard InChI is InChI=1S/C12H16N4S/c13-10-2-1-4-16(7-10)12-6-11(14-15-12)9-3-5-17-8-9/h3,5-6,8,10H,1-2,4,7,13H2,(H,14,15). The summed E-state index contributed by atoms with van der Waals surface area (Å²) in [6.45, 7) is 1.97. The molecule has 0 aliphatic carbocycles. The van der Waals surface area contributed by atoms with Gasteiger partial charge in [-0.3, -0.25) is 5.10 Å². The molecule has 1 atom stereocenters. The van der Waals surface area contributed by atoms with E-state index in [1.165, 1.54) is 5.56 Å². The minimum Gasteiger partial charge on any atom is -0.354 e. The molecule has 0 bridgehead atoms. The van der Waals surface area contributed by atoms with Gasteiger partial charge in [0.25, 0.3) is 0 Å². The first-order valence-electron chi connectivity index (χ1n) is 5.91. The van der Waals surface area contributed by atoms with Crippen LogP contribution in [-0.2, 0) is 0 Å². The summed E-state index contributed by atoms with van der Waals surface area (Å²) in [5, 5.41) is 11.7. The van der Waals surface area contributed by atoms with Crippen LogP contribution in [-0.4, -0.2) is 29.3 Å². The van der Waals surface area contributed by atoms with Crippen LogP contribution < -0.4 is 10.6 Å². The Bertz CT molecular complexity index is 476. The summed E-state index contributed by atoms with van der Waals surface area (Å²) in [5.74, 6) is 1.02. The molecular weight excluding hydrogens is 232 g/mol. The van der Waals surface area contributed by atoms with Crippen LogP contribution in [0.25, 0.3) is 11.3 Å². The molecule has 90 valence electrons. The second kappa shape index (κ2) is 4.50. The van der Waals surface area contributed by atoms with Gasteiger partial charge in [-0.15, -0.1) is 0 Å². The molecule has 0 radical (unpaired) electrons. The third kappa shape index (κ3) is 2.21. The zero-order valence-electron chi connectivity index (χ0n) is 9.60. The van der Waals surface area contributed by atoms with E-state index >= 15 is 0 Å². The summed E-state index contributed by atoms with van der Waals surface area (Å²) in [6, 6.07) is 4.49. The molecule has 5 heteroatoms. The molecule has 2 aromatic heterocycles. The molecule has 0 amide bonds. The quantitative estimate of drug-likeness (QED) is 0.855. The fourth-order valence-corrected chi connectivity index (χ4v) is 2.91. The Balaban J connectivity index is 1.80. The van der Waals surface area contributed by atoms with Crippen molar-refractivity contribution in [2.75, 3.05) is 18.0 Å². The number of H-pyrrole nitrogens is 1. The summed E-state index contributed by atoms with van der Waals surface area (Å²) < 4.78 is 0. The molecule has 1 aliphatic rings. The first-order chi connectivity index (χ1) is 8.33. The van der Waals surface area contributed by atoms with Crippen LogP contribution in [0, 0.1) is 0 Å². The largest absolute Gasteiger partial charge is 0.354 e. The zero-order valence-corrected chi connectivity index (χ0v) is 10.4. The van der Waals surface area contributed by atoms with Gasteiger partial charge < -0.3 is 10.6 Å². The van der Waals surface area contributed by atoms with Crippen molar-refractivity contribution in [3.63, 3.8) is 0 Å². The van der Waals surface area contributed by atoms with Gasteiger partial charge in [0.05, 0.1) is 5.69 Å². The molecule has 3 rings (SSSR count). The van der Waals surface area contributed by atoms with Crippen molar-refractivity contribution in [3.05, 3.63) is 22.9 Å². The monoisotopic (exact) mass is 248 g/mol. The third-order valence-corrected chi connectivity index (χ3v) is 3.86. The van der Waals surface area contributed by atoms with Gasteiger partial charge in [-0.2, -0.15) is 16.4 Å². The van der Waals surface area contributed by atoms with Crippen molar-refractivity contribution in [2.24, 2.45) is 5.73 Å². The maximum Gasteiger partial charge on any atom is 0.151 e. The van der Waals surface area contributed by atoms with E-state index in [0.29, 0.717) is 0 Å². The van der Waals surface area contributed by atoms with Crippen molar-refractivity contribution < 1.29 is 0 Å². The number of nitrogens with one attached hydrogen (secondary N) is 1. The lowest BCUT2D eigenvalue weighted by atomic mass is 10.1. The number of hydrogen-bond donors (Lipinski definition) is 2. The number of anilines is 1. The molecule has 4 nitrogen and oxygen atoms in total. The normalized spacial score (nSPS) is 20.8. The van der Waals surface area contributed by atoms with Crippen molar-refractivity contribution in [3.8, 4) is 11.3 Å². The van der Waals surface area contributed by atoms with Crippen molar-refractivity contribution in [2.45, 2.75) is 18.9 Å². The highest BCUT2D eigenvalue weighted by atomic mass is 32.1. The fraction of sp³-hybridized carbons (Fsp3) is 0.417. The van der Waals surface area contributed by atoms with Gasteiger partial charge in [0.2, 0.25) is 0 Å². The van der Waals surface area contributed by atoms with Gasteiger partial charge in [-0.1, -0.05) is 0 Å². The van der Waals surface area contributed by atoms with Crippen LogP contribution in [0.1, 0.15) is 12.8 Å². The Morgan fingerprint density at radius 2 is 2.47 bits per heavy atom. The van der Waals surface area contributed by atoms with E-state index in [1.807, 2.05) is 0 Å². The molecule has 1 fully saturated rings. The van der Waals surface area contributed by atoms with Gasteiger partial charge in [-0.25, -0.2) is 0 Å². The van der Waals surface area contributed by atoms with Crippen molar-refractivity contribution in [1.29, 1.82) is 0 Å². The summed E-state index contributed by atoms with van der Waals surface area (Å²) in [4.78, 5) is 2.26. The molecule has 2 aromatic rings. The smallest absolute Gasteiger partial charge is 0.151 e. The topological polar surface area (TPSA) is 57.9 Å². The molecular formula is C12H16N4S. The Labute approximate surface area is 104 Å². The van der Waals surface area contributed by atoms with Gasteiger partial charge in [0.15, 0.2) is 5.82 Å². The molecule has 0 spiro atoms. The number of rotatable bonds is 2. The van der Waals surface area contributed by atoms with Crippen molar-refractivity contribution in [1.82, 2.24) is 10.2 Å². The zero-order chi connectivity index (χ0) is 11.7. The second-order valence-corrected chi connectivity index (χ2v) is 5.28. The van der Waals surface area contributed by atoms with E-state index in [9.17, 15) is 0 Å². The number of aromatic amines is 1. The van der Waals surface area contributed by atoms with Crippen LogP contribution >= 0.6 is 11.3 Å². The molecule has 1 saturated heterocycles. The van der Waals surface area contributed by atoms with Crippen LogP contribution in [0.2, 0.25) is 0 Å². The Kier molecular flexibility index (Phi) is 2.86. The van der Waals surface area contributed by atoms with Crippen LogP contribution in [0.4, 0.5) is 5.82 Å². The van der Waals surface area contributed by atoms with Crippen LogP contribution in [0.15, 0.2) is 22.9 Å². The van der Waals surface area contributed by atoms with E-state index in [2.05, 4.69) is 38.0 Å². The van der Waals surface area contributed by atoms with Gasteiger partial charge in [0, 0.05) is 36.1 Å². The number of hydrogen-bond acceptors (Lipinski definition) is 4. The molecule has 1 unspecified atom stereocenters. The first kappa shape index (κ1) is 10.8. The van der Waals surface area contributed by atoms with Gasteiger partial charge in [-0.05, 0) is 24.3 Å². The van der Waals surface area contributed by atoms with Crippen molar-refractivity contribution >= 4 is 17.2 Å². The van der Waals surface area contributed by atoms with Crippen LogP contribution in [0.3, 0.4) is 0 Å². The average Bonchev–Trinajstić information content (AvgIpc) is 3.00. The summed E-state index contributed by atoms with van der Waals surface area (Å²) >= 11 is 1.70. The molecule has 3 heterocycles. The number of aromatic nitrogens is 2. The Morgan fingerprint density at radius 1 is 1.53 bits per heavy atom. The van der Waals surface area contributed by atoms with E-state index in [-0.39, 0.29) is 6.04 Å². The first-order valence-corrected chi connectivity index (χ1v) is 6.86. The third-order valence-electron chi connectivity index (χ3n) is 3.18. The van der Waals surface area contributed by atoms with Crippen LogP contribution in [0.5, 0.6) is 0 Å². The number of thiophene rings is 1. The van der Waals surface area contributed by atoms with Gasteiger partial charge in [0.1, 0.15) is 0 Å². The Hall–Kier alpha value is -1.33. The number of nitrogens with two attached hydrogens (primary N) is 1. The second-order valence-electron chi connectivity index (χ2n) is 4.50. The van der Waals surface area contributed by atoms with E-state index in [0.717, 1.165) is 37.4 Å². The predicted molar refractivity (Wildman–Crippen MR) is 71.3 cm³/mol. The summed E-state index contributed by atoms with van der Waals surface area (Å²) in [6.07, 6.45) is 2.28. The maximum absolute atomic E-state index is 5.99. The predicted octanol–water partition coefficient (Wildman–Crippen LogP) is 2.07. The fourth-order valence-electron chi connectivity index (χ4n) is 2.26. The van der Waals surface area contributed by atoms with E-state index < -0.39 is 0 Å². The molecule has 0 saturated carbocycles. The minimum atomic E-state index is 0.282. The summed E-state index contributed by atoms with van der Waals surface area (Å²) in [5.41, 5.74) is 8.27. The lowest BCUT2D eigenvalue weighted by Crippen LogP contribution is -2.43. The molecule has 3 N–H and O–H groups in total. The molecule has 0 aromatic carbocycles. The minimum absolute atomic E-state index is 0.282. The number of piperidine rings is 1. The average molecular weight is 248 g/mol. The number of nitrogens with zero attached hydrogens (tertiary/aromatic N) is 2. The molecule has 1 aliphatic heterocycles. The highest BCUT2D eigenvalue weighted by molar-refractivity contribution is 7.08.